The second-order valence-corrected chi connectivity index (χ2v) is 9.43. The number of hydrogen-bond donors (Lipinski definition) is 1. The van der Waals surface area contributed by atoms with Crippen LogP contribution in [0.25, 0.3) is 0 Å². The van der Waals surface area contributed by atoms with E-state index in [0.29, 0.717) is 17.5 Å². The van der Waals surface area contributed by atoms with Crippen LogP contribution in [0, 0.1) is 29.6 Å². The first-order valence-corrected chi connectivity index (χ1v) is 10.6. The molecule has 4 aliphatic rings. The minimum atomic E-state index is -0.467. The van der Waals surface area contributed by atoms with Crippen LogP contribution in [0.5, 0.6) is 0 Å². The van der Waals surface area contributed by atoms with E-state index in [4.69, 9.17) is 10.5 Å². The Morgan fingerprint density at radius 1 is 1.26 bits per heavy atom. The number of piperidine rings is 1. The number of nitrogens with zero attached hydrogens (tertiary/aromatic N) is 2. The zero-order valence-corrected chi connectivity index (χ0v) is 16.3. The Morgan fingerprint density at radius 3 is 2.59 bits per heavy atom. The maximum Gasteiger partial charge on any atom is 0.267 e. The van der Waals surface area contributed by atoms with Crippen LogP contribution in [-0.4, -0.2) is 42.5 Å². The van der Waals surface area contributed by atoms with E-state index in [1.165, 1.54) is 45.1 Å². The van der Waals surface area contributed by atoms with Crippen molar-refractivity contribution in [2.75, 3.05) is 26.7 Å². The van der Waals surface area contributed by atoms with Gasteiger partial charge >= 0.3 is 0 Å². The third-order valence-corrected chi connectivity index (χ3v) is 7.93. The van der Waals surface area contributed by atoms with Gasteiger partial charge in [0.1, 0.15) is 11.3 Å². The summed E-state index contributed by atoms with van der Waals surface area (Å²) >= 11 is 0. The summed E-state index contributed by atoms with van der Waals surface area (Å²) in [6, 6.07) is 3.90. The Hall–Kier alpha value is -1.46. The first-order chi connectivity index (χ1) is 13.1. The number of nitrogens with two attached hydrogens (primary N) is 1. The molecule has 0 aromatic carbocycles. The molecule has 6 atom stereocenters. The molecule has 0 radical (unpaired) electrons. The molecule has 5 rings (SSSR count). The minimum absolute atomic E-state index is 0.306. The van der Waals surface area contributed by atoms with E-state index in [2.05, 4.69) is 9.88 Å². The topological polar surface area (TPSA) is 68.5 Å². The number of carbonyl (C=O) groups is 1. The Balaban J connectivity index is 1.40. The summed E-state index contributed by atoms with van der Waals surface area (Å²) in [5, 5.41) is 0. The van der Waals surface area contributed by atoms with Crippen LogP contribution in [0.1, 0.15) is 54.6 Å². The van der Waals surface area contributed by atoms with Crippen molar-refractivity contribution in [3.05, 3.63) is 29.6 Å². The number of fused-ring (bicyclic) bond motifs is 3. The van der Waals surface area contributed by atoms with Crippen molar-refractivity contribution in [2.24, 2.45) is 35.3 Å². The summed E-state index contributed by atoms with van der Waals surface area (Å²) in [7, 11) is 1.84. The summed E-state index contributed by atoms with van der Waals surface area (Å²) in [6.07, 6.45) is 9.77. The van der Waals surface area contributed by atoms with Crippen molar-refractivity contribution in [1.29, 1.82) is 0 Å². The zero-order chi connectivity index (χ0) is 18.6. The van der Waals surface area contributed by atoms with Crippen LogP contribution in [0.15, 0.2) is 18.3 Å². The predicted molar refractivity (Wildman–Crippen MR) is 103 cm³/mol. The molecule has 1 amide bonds. The largest absolute Gasteiger partial charge is 0.373 e. The molecule has 0 spiro atoms. The molecule has 5 heteroatoms. The molecular weight excluding hydrogens is 338 g/mol. The molecule has 1 aromatic rings. The molecule has 5 nitrogen and oxygen atoms in total. The third-order valence-electron chi connectivity index (χ3n) is 7.93. The SMILES string of the molecule is COC1(c2ccnc(C(N)=O)c2)[C@@H]2CCC[C@H]1CN(CC1C[C@@H]3C[C@@H]3C1)C2. The summed E-state index contributed by atoms with van der Waals surface area (Å²) < 4.78 is 6.30. The Morgan fingerprint density at radius 2 is 1.96 bits per heavy atom. The summed E-state index contributed by atoms with van der Waals surface area (Å²) in [6.45, 7) is 3.47. The highest BCUT2D eigenvalue weighted by atomic mass is 16.5. The van der Waals surface area contributed by atoms with Gasteiger partial charge in [0.2, 0.25) is 0 Å². The number of methoxy groups -OCH3 is 1. The molecule has 1 saturated heterocycles. The van der Waals surface area contributed by atoms with Crippen LogP contribution in [0.4, 0.5) is 0 Å². The average Bonchev–Trinajstić information content (AvgIpc) is 3.27. The average molecular weight is 370 g/mol. The highest BCUT2D eigenvalue weighted by Gasteiger charge is 2.54. The lowest BCUT2D eigenvalue weighted by molar-refractivity contribution is -0.170. The van der Waals surface area contributed by atoms with Crippen LogP contribution in [-0.2, 0) is 10.3 Å². The van der Waals surface area contributed by atoms with Crippen molar-refractivity contribution in [3.63, 3.8) is 0 Å². The van der Waals surface area contributed by atoms with Crippen molar-refractivity contribution in [2.45, 2.75) is 44.1 Å². The van der Waals surface area contributed by atoms with E-state index < -0.39 is 5.91 Å². The number of ether oxygens (including phenoxy) is 1. The molecule has 2 heterocycles. The first-order valence-electron chi connectivity index (χ1n) is 10.6. The lowest BCUT2D eigenvalue weighted by Crippen LogP contribution is -2.59. The fourth-order valence-corrected chi connectivity index (χ4v) is 6.76. The number of aromatic nitrogens is 1. The monoisotopic (exact) mass is 369 g/mol. The van der Waals surface area contributed by atoms with Crippen molar-refractivity contribution in [3.8, 4) is 0 Å². The Labute approximate surface area is 161 Å². The minimum Gasteiger partial charge on any atom is -0.373 e. The van der Waals surface area contributed by atoms with Crippen molar-refractivity contribution < 1.29 is 9.53 Å². The molecule has 2 bridgehead atoms. The third kappa shape index (κ3) is 2.90. The lowest BCUT2D eigenvalue weighted by Gasteiger charge is -2.55. The second kappa shape index (κ2) is 6.56. The maximum atomic E-state index is 11.7. The Kier molecular flexibility index (Phi) is 4.28. The van der Waals surface area contributed by atoms with Crippen molar-refractivity contribution >= 4 is 5.91 Å². The van der Waals surface area contributed by atoms with Gasteiger partial charge in [-0.15, -0.1) is 0 Å². The Bertz CT molecular complexity index is 712. The van der Waals surface area contributed by atoms with Gasteiger partial charge in [0, 0.05) is 44.8 Å². The molecule has 1 aromatic heterocycles. The van der Waals surface area contributed by atoms with Gasteiger partial charge in [-0.2, -0.15) is 0 Å². The lowest BCUT2D eigenvalue weighted by atomic mass is 9.62. The maximum absolute atomic E-state index is 11.7. The molecule has 2 unspecified atom stereocenters. The van der Waals surface area contributed by atoms with Gasteiger partial charge in [0.25, 0.3) is 5.91 Å². The number of primary amides is 1. The van der Waals surface area contributed by atoms with Gasteiger partial charge < -0.3 is 15.4 Å². The fourth-order valence-electron chi connectivity index (χ4n) is 6.76. The van der Waals surface area contributed by atoms with Gasteiger partial charge in [-0.25, -0.2) is 0 Å². The smallest absolute Gasteiger partial charge is 0.267 e. The standard InChI is InChI=1S/C22H31N3O2/c1-27-22(17-5-6-24-20(10-17)21(23)26)18-3-2-4-19(22)13-25(12-18)11-14-7-15-9-16(15)8-14/h5-6,10,14-16,18-19H,2-4,7-9,11-13H2,1H3,(H2,23,26)/t14?,15-,16+,18-,19+,22?. The van der Waals surface area contributed by atoms with Gasteiger partial charge in [-0.1, -0.05) is 6.42 Å². The van der Waals surface area contributed by atoms with E-state index in [1.807, 2.05) is 19.2 Å². The highest BCUT2D eigenvalue weighted by Crippen LogP contribution is 2.55. The van der Waals surface area contributed by atoms with Crippen LogP contribution in [0.2, 0.25) is 0 Å². The summed E-state index contributed by atoms with van der Waals surface area (Å²) in [5.74, 6) is 3.49. The number of hydrogen-bond acceptors (Lipinski definition) is 4. The molecule has 2 N–H and O–H groups in total. The number of rotatable bonds is 5. The quantitative estimate of drug-likeness (QED) is 0.867. The summed E-state index contributed by atoms with van der Waals surface area (Å²) in [4.78, 5) is 18.5. The van der Waals surface area contributed by atoms with E-state index in [9.17, 15) is 4.79 Å². The summed E-state index contributed by atoms with van der Waals surface area (Å²) in [5.41, 5.74) is 6.61. The fraction of sp³-hybridized carbons (Fsp3) is 0.727. The molecule has 3 saturated carbocycles. The van der Waals surface area contributed by atoms with Gasteiger partial charge in [-0.05, 0) is 67.6 Å². The first kappa shape index (κ1) is 17.6. The van der Waals surface area contributed by atoms with E-state index in [0.717, 1.165) is 36.4 Å². The number of likely N-dealkylation sites (tertiary alicyclic amines) is 1. The van der Waals surface area contributed by atoms with Gasteiger partial charge in [0.15, 0.2) is 0 Å². The van der Waals surface area contributed by atoms with E-state index >= 15 is 0 Å². The van der Waals surface area contributed by atoms with E-state index in [1.54, 1.807) is 6.20 Å². The van der Waals surface area contributed by atoms with Gasteiger partial charge in [-0.3, -0.25) is 9.78 Å². The van der Waals surface area contributed by atoms with Crippen LogP contribution < -0.4 is 5.73 Å². The van der Waals surface area contributed by atoms with Crippen molar-refractivity contribution in [1.82, 2.24) is 9.88 Å². The van der Waals surface area contributed by atoms with E-state index in [-0.39, 0.29) is 5.60 Å². The van der Waals surface area contributed by atoms with Gasteiger partial charge in [0.05, 0.1) is 0 Å². The molecule has 1 aliphatic heterocycles. The molecule has 3 aliphatic carbocycles. The molecule has 146 valence electrons. The molecule has 4 fully saturated rings. The predicted octanol–water partition coefficient (Wildman–Crippen LogP) is 2.80. The molecule has 27 heavy (non-hydrogen) atoms. The van der Waals surface area contributed by atoms with Crippen LogP contribution >= 0.6 is 0 Å². The van der Waals surface area contributed by atoms with Crippen LogP contribution in [0.3, 0.4) is 0 Å². The number of amides is 1. The molecular formula is C22H31N3O2. The zero-order valence-electron chi connectivity index (χ0n) is 16.3. The highest BCUT2D eigenvalue weighted by molar-refractivity contribution is 5.90. The number of carbonyl (C=O) groups excluding carboxylic acids is 1. The number of pyridine rings is 1. The normalized spacial score (nSPS) is 40.6. The second-order valence-electron chi connectivity index (χ2n) is 9.43.